The third-order valence-electron chi connectivity index (χ3n) is 3.62. The van der Waals surface area contributed by atoms with Gasteiger partial charge >= 0.3 is 0 Å². The first-order chi connectivity index (χ1) is 11.8. The monoisotopic (exact) mass is 357 g/mol. The first-order valence-corrected chi connectivity index (χ1v) is 7.85. The van der Waals surface area contributed by atoms with Gasteiger partial charge in [-0.2, -0.15) is 0 Å². The summed E-state index contributed by atoms with van der Waals surface area (Å²) in [5.41, 5.74) is 3.30. The number of ether oxygens (including phenoxy) is 1. The summed E-state index contributed by atoms with van der Waals surface area (Å²) in [6, 6.07) is 18.3. The van der Waals surface area contributed by atoms with E-state index in [1.807, 2.05) is 30.3 Å². The molecular weight excluding hydrogens is 339 g/mol. The lowest BCUT2D eigenvalue weighted by atomic mass is 10.2. The number of nitrogens with one attached hydrogen (secondary N) is 1. The van der Waals surface area contributed by atoms with Crippen molar-refractivity contribution in [2.24, 2.45) is 0 Å². The van der Waals surface area contributed by atoms with Crippen LogP contribution < -0.4 is 22.5 Å². The molecule has 0 radical (unpaired) electrons. The van der Waals surface area contributed by atoms with Crippen LogP contribution in [0, 0.1) is 5.82 Å². The molecule has 0 fully saturated rings. The second-order valence-corrected chi connectivity index (χ2v) is 5.52. The van der Waals surface area contributed by atoms with E-state index in [2.05, 4.69) is 16.4 Å². The highest BCUT2D eigenvalue weighted by molar-refractivity contribution is 5.29. The van der Waals surface area contributed by atoms with Crippen molar-refractivity contribution in [3.63, 3.8) is 0 Å². The zero-order valence-electron chi connectivity index (χ0n) is 13.7. The molecule has 0 unspecified atom stereocenters. The van der Waals surface area contributed by atoms with Gasteiger partial charge in [0.1, 0.15) is 18.2 Å². The molecule has 0 saturated carbocycles. The Hall–Kier alpha value is -2.43. The van der Waals surface area contributed by atoms with E-state index >= 15 is 0 Å². The van der Waals surface area contributed by atoms with Crippen molar-refractivity contribution >= 4 is 0 Å². The number of pyridine rings is 1. The standard InChI is InChI=1S/C20H19FN2O.ClH/c21-19-6-4-17(5-7-19)15-24-20-3-1-2-18(12-20)14-23-13-16-8-10-22-11-9-16;/h1-12,23H,13-15H2;1H/p-1. The number of benzene rings is 2. The van der Waals surface area contributed by atoms with Crippen molar-refractivity contribution in [1.29, 1.82) is 0 Å². The third kappa shape index (κ3) is 6.18. The van der Waals surface area contributed by atoms with E-state index in [9.17, 15) is 4.39 Å². The van der Waals surface area contributed by atoms with Gasteiger partial charge in [-0.05, 0) is 53.1 Å². The fraction of sp³-hybridized carbons (Fsp3) is 0.150. The van der Waals surface area contributed by atoms with Gasteiger partial charge in [-0.3, -0.25) is 4.98 Å². The molecular formula is C20H19ClFN2O-. The van der Waals surface area contributed by atoms with E-state index < -0.39 is 0 Å². The van der Waals surface area contributed by atoms with Gasteiger partial charge in [0.2, 0.25) is 0 Å². The second kappa shape index (κ2) is 9.77. The van der Waals surface area contributed by atoms with Crippen LogP contribution in [0.15, 0.2) is 73.1 Å². The van der Waals surface area contributed by atoms with Gasteiger partial charge in [-0.15, -0.1) is 0 Å². The summed E-state index contributed by atoms with van der Waals surface area (Å²) in [7, 11) is 0. The van der Waals surface area contributed by atoms with E-state index in [1.54, 1.807) is 24.5 Å². The molecule has 1 aromatic heterocycles. The van der Waals surface area contributed by atoms with Gasteiger partial charge in [0.05, 0.1) is 0 Å². The van der Waals surface area contributed by atoms with Crippen LogP contribution in [0.3, 0.4) is 0 Å². The maximum absolute atomic E-state index is 12.9. The largest absolute Gasteiger partial charge is 1.00 e. The zero-order chi connectivity index (χ0) is 16.6. The van der Waals surface area contributed by atoms with Crippen LogP contribution in [0.25, 0.3) is 0 Å². The predicted octanol–water partition coefficient (Wildman–Crippen LogP) is 1.09. The molecule has 3 aromatic rings. The van der Waals surface area contributed by atoms with E-state index in [0.717, 1.165) is 30.0 Å². The minimum atomic E-state index is -0.235. The lowest BCUT2D eigenvalue weighted by Crippen LogP contribution is -3.00. The second-order valence-electron chi connectivity index (χ2n) is 5.52. The van der Waals surface area contributed by atoms with Gasteiger partial charge in [-0.25, -0.2) is 4.39 Å². The van der Waals surface area contributed by atoms with E-state index in [0.29, 0.717) is 6.61 Å². The van der Waals surface area contributed by atoms with Crippen LogP contribution >= 0.6 is 0 Å². The van der Waals surface area contributed by atoms with Gasteiger partial charge < -0.3 is 22.5 Å². The Labute approximate surface area is 153 Å². The summed E-state index contributed by atoms with van der Waals surface area (Å²) in [4.78, 5) is 4.01. The predicted molar refractivity (Wildman–Crippen MR) is 92.0 cm³/mol. The first-order valence-electron chi connectivity index (χ1n) is 7.85. The van der Waals surface area contributed by atoms with E-state index in [1.165, 1.54) is 17.7 Å². The van der Waals surface area contributed by atoms with E-state index in [4.69, 9.17) is 4.74 Å². The van der Waals surface area contributed by atoms with Crippen molar-refractivity contribution in [2.75, 3.05) is 0 Å². The molecule has 3 nitrogen and oxygen atoms in total. The Kier molecular flexibility index (Phi) is 7.38. The first kappa shape index (κ1) is 18.9. The van der Waals surface area contributed by atoms with Crippen LogP contribution in [-0.4, -0.2) is 4.98 Å². The molecule has 130 valence electrons. The highest BCUT2D eigenvalue weighted by Gasteiger charge is 2.00. The highest BCUT2D eigenvalue weighted by Crippen LogP contribution is 2.15. The normalized spacial score (nSPS) is 10.1. The average molecular weight is 358 g/mol. The molecule has 25 heavy (non-hydrogen) atoms. The van der Waals surface area contributed by atoms with Crippen LogP contribution in [0.5, 0.6) is 5.75 Å². The molecule has 0 aliphatic heterocycles. The molecule has 0 bridgehead atoms. The summed E-state index contributed by atoms with van der Waals surface area (Å²) in [6.07, 6.45) is 3.59. The maximum atomic E-state index is 12.9. The average Bonchev–Trinajstić information content (AvgIpc) is 2.63. The molecule has 0 aliphatic carbocycles. The molecule has 5 heteroatoms. The van der Waals surface area contributed by atoms with Crippen LogP contribution in [-0.2, 0) is 19.7 Å². The topological polar surface area (TPSA) is 34.1 Å². The Bertz CT molecular complexity index is 766. The summed E-state index contributed by atoms with van der Waals surface area (Å²) < 4.78 is 18.7. The summed E-state index contributed by atoms with van der Waals surface area (Å²) in [5.74, 6) is 0.573. The zero-order valence-corrected chi connectivity index (χ0v) is 14.4. The van der Waals surface area contributed by atoms with Crippen molar-refractivity contribution in [1.82, 2.24) is 10.3 Å². The molecule has 0 amide bonds. The van der Waals surface area contributed by atoms with Gasteiger partial charge in [-0.1, -0.05) is 24.3 Å². The molecule has 1 N–H and O–H groups in total. The van der Waals surface area contributed by atoms with Crippen LogP contribution in [0.1, 0.15) is 16.7 Å². The Morgan fingerprint density at radius 2 is 1.56 bits per heavy atom. The maximum Gasteiger partial charge on any atom is 0.123 e. The smallest absolute Gasteiger partial charge is 0.123 e. The molecule has 1 heterocycles. The van der Waals surface area contributed by atoms with Gasteiger partial charge in [0.25, 0.3) is 0 Å². The minimum Gasteiger partial charge on any atom is -1.00 e. The van der Waals surface area contributed by atoms with Crippen molar-refractivity contribution in [2.45, 2.75) is 19.7 Å². The number of hydrogen-bond donors (Lipinski definition) is 1. The molecule has 0 spiro atoms. The quantitative estimate of drug-likeness (QED) is 0.687. The fourth-order valence-electron chi connectivity index (χ4n) is 2.34. The molecule has 2 aromatic carbocycles. The SMILES string of the molecule is Fc1ccc(COc2cccc(CNCc3ccncc3)c2)cc1.[Cl-]. The molecule has 0 aliphatic rings. The number of rotatable bonds is 7. The number of halogens is 2. The summed E-state index contributed by atoms with van der Waals surface area (Å²) >= 11 is 0. The Balaban J connectivity index is 0.00000225. The third-order valence-corrected chi connectivity index (χ3v) is 3.62. The summed E-state index contributed by atoms with van der Waals surface area (Å²) in [5, 5.41) is 3.40. The molecule has 0 atom stereocenters. The van der Waals surface area contributed by atoms with E-state index in [-0.39, 0.29) is 18.2 Å². The van der Waals surface area contributed by atoms with Crippen molar-refractivity contribution < 1.29 is 21.5 Å². The van der Waals surface area contributed by atoms with Crippen molar-refractivity contribution in [3.05, 3.63) is 95.6 Å². The number of aromatic nitrogens is 1. The number of nitrogens with zero attached hydrogens (tertiary/aromatic N) is 1. The van der Waals surface area contributed by atoms with Crippen molar-refractivity contribution in [3.8, 4) is 5.75 Å². The van der Waals surface area contributed by atoms with Crippen LogP contribution in [0.2, 0.25) is 0 Å². The fourth-order valence-corrected chi connectivity index (χ4v) is 2.34. The van der Waals surface area contributed by atoms with Gasteiger partial charge in [0, 0.05) is 25.5 Å². The van der Waals surface area contributed by atoms with Gasteiger partial charge in [0.15, 0.2) is 0 Å². The Morgan fingerprint density at radius 1 is 0.840 bits per heavy atom. The lowest BCUT2D eigenvalue weighted by Gasteiger charge is -2.09. The van der Waals surface area contributed by atoms with Crippen LogP contribution in [0.4, 0.5) is 4.39 Å². The highest BCUT2D eigenvalue weighted by atomic mass is 35.5. The lowest BCUT2D eigenvalue weighted by molar-refractivity contribution is -0.00000592. The summed E-state index contributed by atoms with van der Waals surface area (Å²) in [6.45, 7) is 1.98. The molecule has 3 rings (SSSR count). The Morgan fingerprint density at radius 3 is 2.32 bits per heavy atom. The minimum absolute atomic E-state index is 0. The molecule has 0 saturated heterocycles. The number of hydrogen-bond acceptors (Lipinski definition) is 3.